The van der Waals surface area contributed by atoms with E-state index in [-0.39, 0.29) is 5.92 Å². The molecule has 2 aromatic carbocycles. The number of rotatable bonds is 4. The van der Waals surface area contributed by atoms with Gasteiger partial charge in [0.15, 0.2) is 0 Å². The van der Waals surface area contributed by atoms with Crippen LogP contribution in [-0.4, -0.2) is 28.2 Å². The van der Waals surface area contributed by atoms with Crippen LogP contribution in [0.3, 0.4) is 0 Å². The lowest BCUT2D eigenvalue weighted by molar-refractivity contribution is 0.330. The molecule has 30 heavy (non-hydrogen) atoms. The molecule has 0 saturated carbocycles. The lowest BCUT2D eigenvalue weighted by Gasteiger charge is -2.30. The molecule has 0 amide bonds. The Labute approximate surface area is 173 Å². The van der Waals surface area contributed by atoms with Crippen molar-refractivity contribution >= 4 is 5.88 Å². The number of nitrogens with zero attached hydrogens (tertiary/aromatic N) is 5. The predicted molar refractivity (Wildman–Crippen MR) is 111 cm³/mol. The minimum absolute atomic E-state index is 0.0699. The first kappa shape index (κ1) is 18.1. The molecular formula is C23H19N5O2. The third-order valence-electron chi connectivity index (χ3n) is 5.27. The van der Waals surface area contributed by atoms with Crippen LogP contribution in [0.5, 0.6) is 0 Å². The summed E-state index contributed by atoms with van der Waals surface area (Å²) in [4.78, 5) is 11.1. The highest BCUT2D eigenvalue weighted by molar-refractivity contribution is 5.59. The second-order valence-electron chi connectivity index (χ2n) is 7.26. The van der Waals surface area contributed by atoms with Gasteiger partial charge in [0.2, 0.25) is 29.2 Å². The summed E-state index contributed by atoms with van der Waals surface area (Å²) in [6.45, 7) is 1.42. The molecule has 0 spiro atoms. The lowest BCUT2D eigenvalue weighted by Crippen LogP contribution is -2.34. The third kappa shape index (κ3) is 3.44. The van der Waals surface area contributed by atoms with E-state index < -0.39 is 0 Å². The van der Waals surface area contributed by atoms with Gasteiger partial charge in [-0.2, -0.15) is 15.2 Å². The van der Waals surface area contributed by atoms with Crippen LogP contribution in [-0.2, 0) is 0 Å². The fourth-order valence-electron chi connectivity index (χ4n) is 3.77. The van der Waals surface area contributed by atoms with Crippen LogP contribution in [0.25, 0.3) is 22.8 Å². The van der Waals surface area contributed by atoms with Crippen LogP contribution in [0, 0.1) is 11.3 Å². The van der Waals surface area contributed by atoms with E-state index in [1.165, 1.54) is 0 Å². The number of nitriles is 1. The second-order valence-corrected chi connectivity index (χ2v) is 7.26. The highest BCUT2D eigenvalue weighted by atomic mass is 16.5. The van der Waals surface area contributed by atoms with Crippen molar-refractivity contribution in [1.29, 1.82) is 5.26 Å². The molecule has 1 unspecified atom stereocenters. The molecule has 0 radical (unpaired) electrons. The van der Waals surface area contributed by atoms with Crippen molar-refractivity contribution in [3.63, 3.8) is 0 Å². The summed E-state index contributed by atoms with van der Waals surface area (Å²) < 4.78 is 11.6. The normalized spacial score (nSPS) is 16.4. The number of benzene rings is 2. The first-order chi connectivity index (χ1) is 14.8. The Hall–Kier alpha value is -3.92. The molecule has 1 atom stereocenters. The summed E-state index contributed by atoms with van der Waals surface area (Å²) in [5, 5.41) is 13.7. The number of aromatic nitrogens is 3. The largest absolute Gasteiger partial charge is 0.419 e. The first-order valence-electron chi connectivity index (χ1n) is 9.92. The van der Waals surface area contributed by atoms with Crippen molar-refractivity contribution in [3.8, 4) is 28.9 Å². The molecule has 2 aromatic heterocycles. The Morgan fingerprint density at radius 2 is 1.70 bits per heavy atom. The molecule has 1 saturated heterocycles. The number of hydrogen-bond donors (Lipinski definition) is 0. The SMILES string of the molecule is N#Cc1nc(-c2ccccc2)oc1N1CCCC(c2nc(-c3ccccc3)no2)C1. The molecule has 5 rings (SSSR count). The zero-order valence-electron chi connectivity index (χ0n) is 16.2. The molecule has 1 fully saturated rings. The van der Waals surface area contributed by atoms with E-state index in [2.05, 4.69) is 26.1 Å². The van der Waals surface area contributed by atoms with Gasteiger partial charge >= 0.3 is 0 Å². The van der Waals surface area contributed by atoms with E-state index in [9.17, 15) is 5.26 Å². The van der Waals surface area contributed by atoms with Crippen LogP contribution in [0.2, 0.25) is 0 Å². The topological polar surface area (TPSA) is 92.0 Å². The predicted octanol–water partition coefficient (Wildman–Crippen LogP) is 4.65. The molecule has 7 heteroatoms. The third-order valence-corrected chi connectivity index (χ3v) is 5.27. The first-order valence-corrected chi connectivity index (χ1v) is 9.92. The van der Waals surface area contributed by atoms with Crippen molar-refractivity contribution < 1.29 is 8.94 Å². The summed E-state index contributed by atoms with van der Waals surface area (Å²) in [5.74, 6) is 2.23. The minimum Gasteiger partial charge on any atom is -0.419 e. The van der Waals surface area contributed by atoms with Gasteiger partial charge in [-0.25, -0.2) is 0 Å². The van der Waals surface area contributed by atoms with Crippen LogP contribution in [0.15, 0.2) is 69.6 Å². The summed E-state index contributed by atoms with van der Waals surface area (Å²) in [5.41, 5.74) is 2.07. The van der Waals surface area contributed by atoms with Crippen LogP contribution < -0.4 is 4.90 Å². The van der Waals surface area contributed by atoms with Crippen molar-refractivity contribution in [3.05, 3.63) is 72.2 Å². The lowest BCUT2D eigenvalue weighted by atomic mass is 9.98. The zero-order chi connectivity index (χ0) is 20.3. The monoisotopic (exact) mass is 397 g/mol. The van der Waals surface area contributed by atoms with Gasteiger partial charge < -0.3 is 13.8 Å². The van der Waals surface area contributed by atoms with E-state index in [4.69, 9.17) is 8.94 Å². The van der Waals surface area contributed by atoms with E-state index in [1.54, 1.807) is 0 Å². The number of anilines is 1. The van der Waals surface area contributed by atoms with E-state index in [0.717, 1.165) is 30.5 Å². The Morgan fingerprint density at radius 1 is 0.967 bits per heavy atom. The Balaban J connectivity index is 1.39. The van der Waals surface area contributed by atoms with Gasteiger partial charge in [0, 0.05) is 24.2 Å². The summed E-state index contributed by atoms with van der Waals surface area (Å²) in [7, 11) is 0. The standard InChI is InChI=1S/C23H19N5O2/c24-14-19-23(29-21(25-19)17-10-5-2-6-11-17)28-13-7-12-18(15-28)22-26-20(27-30-22)16-8-3-1-4-9-16/h1-6,8-11,18H,7,12-13,15H2. The highest BCUT2D eigenvalue weighted by Gasteiger charge is 2.30. The molecule has 1 aliphatic heterocycles. The van der Waals surface area contributed by atoms with E-state index in [1.807, 2.05) is 60.7 Å². The van der Waals surface area contributed by atoms with E-state index >= 15 is 0 Å². The fraction of sp³-hybridized carbons (Fsp3) is 0.217. The Morgan fingerprint density at radius 3 is 2.43 bits per heavy atom. The molecular weight excluding hydrogens is 378 g/mol. The highest BCUT2D eigenvalue weighted by Crippen LogP contribution is 2.34. The quantitative estimate of drug-likeness (QED) is 0.495. The molecule has 0 bridgehead atoms. The average molecular weight is 397 g/mol. The minimum atomic E-state index is 0.0699. The van der Waals surface area contributed by atoms with Crippen molar-refractivity contribution in [1.82, 2.24) is 15.1 Å². The average Bonchev–Trinajstić information content (AvgIpc) is 3.48. The molecule has 0 N–H and O–H groups in total. The Bertz CT molecular complexity index is 1180. The van der Waals surface area contributed by atoms with Gasteiger partial charge in [-0.05, 0) is 25.0 Å². The van der Waals surface area contributed by atoms with Gasteiger partial charge in [0.25, 0.3) is 0 Å². The number of piperidine rings is 1. The number of oxazole rings is 1. The maximum Gasteiger partial charge on any atom is 0.235 e. The number of hydrogen-bond acceptors (Lipinski definition) is 7. The van der Waals surface area contributed by atoms with Crippen LogP contribution in [0.4, 0.5) is 5.88 Å². The van der Waals surface area contributed by atoms with Crippen LogP contribution >= 0.6 is 0 Å². The van der Waals surface area contributed by atoms with Gasteiger partial charge in [0.1, 0.15) is 6.07 Å². The van der Waals surface area contributed by atoms with Gasteiger partial charge in [-0.15, -0.1) is 0 Å². The fourth-order valence-corrected chi connectivity index (χ4v) is 3.77. The molecule has 148 valence electrons. The molecule has 4 aromatic rings. The van der Waals surface area contributed by atoms with E-state index in [0.29, 0.717) is 35.7 Å². The maximum absolute atomic E-state index is 9.58. The summed E-state index contributed by atoms with van der Waals surface area (Å²) in [6.07, 6.45) is 1.87. The smallest absolute Gasteiger partial charge is 0.235 e. The Kier molecular flexibility index (Phi) is 4.74. The maximum atomic E-state index is 9.58. The second kappa shape index (κ2) is 7.84. The van der Waals surface area contributed by atoms with Gasteiger partial charge in [-0.1, -0.05) is 53.7 Å². The molecule has 3 heterocycles. The van der Waals surface area contributed by atoms with Crippen molar-refractivity contribution in [2.24, 2.45) is 0 Å². The van der Waals surface area contributed by atoms with Gasteiger partial charge in [-0.3, -0.25) is 0 Å². The van der Waals surface area contributed by atoms with Crippen LogP contribution in [0.1, 0.15) is 30.3 Å². The zero-order valence-corrected chi connectivity index (χ0v) is 16.2. The molecule has 1 aliphatic rings. The summed E-state index contributed by atoms with van der Waals surface area (Å²) >= 11 is 0. The molecule has 0 aliphatic carbocycles. The van der Waals surface area contributed by atoms with Gasteiger partial charge in [0.05, 0.1) is 5.92 Å². The van der Waals surface area contributed by atoms with Crippen molar-refractivity contribution in [2.45, 2.75) is 18.8 Å². The van der Waals surface area contributed by atoms with Crippen molar-refractivity contribution in [2.75, 3.05) is 18.0 Å². The molecule has 7 nitrogen and oxygen atoms in total. The summed E-state index contributed by atoms with van der Waals surface area (Å²) in [6, 6.07) is 21.5.